The lowest BCUT2D eigenvalue weighted by atomic mass is 10.3. The third-order valence-corrected chi connectivity index (χ3v) is 1.61. The highest BCUT2D eigenvalue weighted by Crippen LogP contribution is 2.22. The smallest absolute Gasteiger partial charge is 0.378 e. The minimum atomic E-state index is -2.49. The first-order chi connectivity index (χ1) is 6.50. The number of carboxylic acids is 1. The third kappa shape index (κ3) is 2.56. The van der Waals surface area contributed by atoms with Crippen molar-refractivity contribution in [3.8, 4) is 5.75 Å². The van der Waals surface area contributed by atoms with Gasteiger partial charge >= 0.3 is 12.3 Å². The average molecular weight is 223 g/mol. The highest BCUT2D eigenvalue weighted by molar-refractivity contribution is 6.30. The van der Waals surface area contributed by atoms with Crippen molar-refractivity contribution in [2.75, 3.05) is 0 Å². The van der Waals surface area contributed by atoms with E-state index in [1.165, 1.54) is 0 Å². The van der Waals surface area contributed by atoms with Crippen molar-refractivity contribution in [3.05, 3.63) is 29.0 Å². The van der Waals surface area contributed by atoms with Crippen LogP contribution in [0.1, 0.15) is 0 Å². The first-order valence-electron chi connectivity index (χ1n) is 3.49. The molecule has 3 nitrogen and oxygen atoms in total. The standard InChI is InChI=1S/C8H5ClF2O3/c9-5-3-4(1-2-6(5)10)14-7(11)8(12)13/h1-3,7H,(H,12,13). The van der Waals surface area contributed by atoms with Crippen molar-refractivity contribution in [1.82, 2.24) is 0 Å². The van der Waals surface area contributed by atoms with Gasteiger partial charge in [0.2, 0.25) is 0 Å². The van der Waals surface area contributed by atoms with E-state index in [4.69, 9.17) is 16.7 Å². The second-order valence-electron chi connectivity index (χ2n) is 2.35. The fraction of sp³-hybridized carbons (Fsp3) is 0.125. The van der Waals surface area contributed by atoms with Crippen molar-refractivity contribution in [2.45, 2.75) is 6.36 Å². The molecule has 0 aromatic heterocycles. The minimum absolute atomic E-state index is 0.147. The van der Waals surface area contributed by atoms with Gasteiger partial charge in [0.05, 0.1) is 5.02 Å². The van der Waals surface area contributed by atoms with Gasteiger partial charge in [-0.15, -0.1) is 0 Å². The summed E-state index contributed by atoms with van der Waals surface area (Å²) in [6.07, 6.45) is -2.49. The Bertz CT molecular complexity index is 356. The van der Waals surface area contributed by atoms with Gasteiger partial charge in [0.25, 0.3) is 0 Å². The molecule has 0 heterocycles. The molecule has 0 aliphatic heterocycles. The van der Waals surface area contributed by atoms with Crippen molar-refractivity contribution in [2.24, 2.45) is 0 Å². The van der Waals surface area contributed by atoms with E-state index in [2.05, 4.69) is 4.74 Å². The molecule has 1 aromatic carbocycles. The lowest BCUT2D eigenvalue weighted by molar-refractivity contribution is -0.153. The van der Waals surface area contributed by atoms with E-state index in [1.807, 2.05) is 0 Å². The molecule has 1 N–H and O–H groups in total. The highest BCUT2D eigenvalue weighted by atomic mass is 35.5. The molecule has 0 aliphatic carbocycles. The van der Waals surface area contributed by atoms with Crippen molar-refractivity contribution >= 4 is 17.6 Å². The first kappa shape index (κ1) is 10.7. The van der Waals surface area contributed by atoms with Gasteiger partial charge in [-0.05, 0) is 12.1 Å². The van der Waals surface area contributed by atoms with Crippen molar-refractivity contribution in [3.63, 3.8) is 0 Å². The minimum Gasteiger partial charge on any atom is -0.476 e. The summed E-state index contributed by atoms with van der Waals surface area (Å²) in [5, 5.41) is 7.90. The molecule has 1 atom stereocenters. The zero-order valence-corrected chi connectivity index (χ0v) is 7.46. The number of aliphatic carboxylic acids is 1. The van der Waals surface area contributed by atoms with Crippen LogP contribution in [0.2, 0.25) is 5.02 Å². The van der Waals surface area contributed by atoms with Gasteiger partial charge in [-0.1, -0.05) is 11.6 Å². The van der Waals surface area contributed by atoms with E-state index in [1.54, 1.807) is 0 Å². The van der Waals surface area contributed by atoms with E-state index in [0.29, 0.717) is 0 Å². The summed E-state index contributed by atoms with van der Waals surface area (Å²) in [5.74, 6) is -2.60. The SMILES string of the molecule is O=C(O)C(F)Oc1ccc(F)c(Cl)c1. The van der Waals surface area contributed by atoms with E-state index >= 15 is 0 Å². The number of hydrogen-bond acceptors (Lipinski definition) is 2. The van der Waals surface area contributed by atoms with Gasteiger partial charge in [0.1, 0.15) is 11.6 Å². The zero-order chi connectivity index (χ0) is 10.7. The predicted octanol–water partition coefficient (Wildman–Crippen LogP) is 2.24. The molecule has 0 radical (unpaired) electrons. The van der Waals surface area contributed by atoms with Crippen molar-refractivity contribution < 1.29 is 23.4 Å². The van der Waals surface area contributed by atoms with Gasteiger partial charge in [0, 0.05) is 6.07 Å². The number of hydrogen-bond donors (Lipinski definition) is 1. The summed E-state index contributed by atoms with van der Waals surface area (Å²) in [6, 6.07) is 3.02. The first-order valence-corrected chi connectivity index (χ1v) is 3.87. The second-order valence-corrected chi connectivity index (χ2v) is 2.76. The molecule has 1 unspecified atom stereocenters. The van der Waals surface area contributed by atoms with Crippen LogP contribution in [-0.2, 0) is 4.79 Å². The van der Waals surface area contributed by atoms with Crippen LogP contribution in [0.25, 0.3) is 0 Å². The molecule has 0 spiro atoms. The lowest BCUT2D eigenvalue weighted by Crippen LogP contribution is -2.21. The number of alkyl halides is 1. The lowest BCUT2D eigenvalue weighted by Gasteiger charge is -2.07. The van der Waals surface area contributed by atoms with Crippen LogP contribution < -0.4 is 4.74 Å². The van der Waals surface area contributed by atoms with E-state index in [0.717, 1.165) is 18.2 Å². The van der Waals surface area contributed by atoms with Gasteiger partial charge < -0.3 is 9.84 Å². The average Bonchev–Trinajstić information content (AvgIpc) is 2.11. The summed E-state index contributed by atoms with van der Waals surface area (Å²) < 4.78 is 29.4. The summed E-state index contributed by atoms with van der Waals surface area (Å²) in [5.41, 5.74) is 0. The molecule has 0 bridgehead atoms. The Hall–Kier alpha value is -1.36. The molecule has 0 aliphatic rings. The number of carboxylic acid groups (broad SMARTS) is 1. The van der Waals surface area contributed by atoms with Crippen LogP contribution in [0.4, 0.5) is 8.78 Å². The molecule has 1 rings (SSSR count). The summed E-state index contributed by atoms with van der Waals surface area (Å²) >= 11 is 5.35. The van der Waals surface area contributed by atoms with Gasteiger partial charge in [-0.2, -0.15) is 4.39 Å². The molecule has 0 amide bonds. The fourth-order valence-electron chi connectivity index (χ4n) is 0.720. The highest BCUT2D eigenvalue weighted by Gasteiger charge is 2.17. The maximum absolute atomic E-state index is 12.6. The monoisotopic (exact) mass is 222 g/mol. The third-order valence-electron chi connectivity index (χ3n) is 1.32. The maximum Gasteiger partial charge on any atom is 0.378 e. The normalized spacial score (nSPS) is 12.2. The Morgan fingerprint density at radius 2 is 2.21 bits per heavy atom. The van der Waals surface area contributed by atoms with Crippen LogP contribution in [0.3, 0.4) is 0 Å². The quantitative estimate of drug-likeness (QED) is 0.853. The molecule has 76 valence electrons. The topological polar surface area (TPSA) is 46.5 Å². The Labute approximate surface area is 82.9 Å². The molecule has 14 heavy (non-hydrogen) atoms. The number of rotatable bonds is 3. The Morgan fingerprint density at radius 1 is 1.57 bits per heavy atom. The van der Waals surface area contributed by atoms with Crippen LogP contribution in [0.5, 0.6) is 5.75 Å². The summed E-state index contributed by atoms with van der Waals surface area (Å²) in [6.45, 7) is 0. The summed E-state index contributed by atoms with van der Waals surface area (Å²) in [4.78, 5) is 10.0. The molecule has 0 saturated heterocycles. The molecular formula is C8H5ClF2O3. The zero-order valence-electron chi connectivity index (χ0n) is 6.71. The predicted molar refractivity (Wildman–Crippen MR) is 44.6 cm³/mol. The Balaban J connectivity index is 2.78. The molecule has 6 heteroatoms. The van der Waals surface area contributed by atoms with Gasteiger partial charge in [0.15, 0.2) is 0 Å². The van der Waals surface area contributed by atoms with E-state index in [-0.39, 0.29) is 10.8 Å². The summed E-state index contributed by atoms with van der Waals surface area (Å²) in [7, 11) is 0. The largest absolute Gasteiger partial charge is 0.476 e. The van der Waals surface area contributed by atoms with Gasteiger partial charge in [-0.25, -0.2) is 9.18 Å². The van der Waals surface area contributed by atoms with Gasteiger partial charge in [-0.3, -0.25) is 0 Å². The fourth-order valence-corrected chi connectivity index (χ4v) is 0.891. The molecule has 1 aromatic rings. The number of carbonyl (C=O) groups is 1. The van der Waals surface area contributed by atoms with E-state index < -0.39 is 18.1 Å². The molecule has 0 fully saturated rings. The van der Waals surface area contributed by atoms with Crippen LogP contribution in [-0.4, -0.2) is 17.4 Å². The number of halogens is 3. The van der Waals surface area contributed by atoms with Crippen LogP contribution in [0.15, 0.2) is 18.2 Å². The number of ether oxygens (including phenoxy) is 1. The Kier molecular flexibility index (Phi) is 3.24. The molecule has 0 saturated carbocycles. The van der Waals surface area contributed by atoms with Crippen molar-refractivity contribution in [1.29, 1.82) is 0 Å². The molecular weight excluding hydrogens is 218 g/mol. The maximum atomic E-state index is 12.6. The Morgan fingerprint density at radius 3 is 2.71 bits per heavy atom. The second kappa shape index (κ2) is 4.23. The van der Waals surface area contributed by atoms with Crippen LogP contribution in [0, 0.1) is 5.82 Å². The number of benzene rings is 1. The van der Waals surface area contributed by atoms with E-state index in [9.17, 15) is 13.6 Å². The van der Waals surface area contributed by atoms with Crippen LogP contribution >= 0.6 is 11.6 Å².